The number of likely N-dealkylation sites (N-methyl/N-ethyl adjacent to an activating group) is 1. The van der Waals surface area contributed by atoms with E-state index in [4.69, 9.17) is 0 Å². The SMILES string of the molecule is CNC1CCCc2ccccc2C1=O. The number of benzene rings is 1. The van der Waals surface area contributed by atoms with Gasteiger partial charge in [0.2, 0.25) is 0 Å². The standard InChI is InChI=1S/C12H15NO/c1-13-11-8-4-6-9-5-2-3-7-10(9)12(11)14/h2-3,5,7,11,13H,4,6,8H2,1H3. The summed E-state index contributed by atoms with van der Waals surface area (Å²) in [5, 5.41) is 3.09. The molecule has 1 aromatic carbocycles. The maximum absolute atomic E-state index is 12.0. The van der Waals surface area contributed by atoms with E-state index in [1.807, 2.05) is 25.2 Å². The third-order valence-electron chi connectivity index (χ3n) is 2.89. The topological polar surface area (TPSA) is 29.1 Å². The van der Waals surface area contributed by atoms with Crippen molar-refractivity contribution >= 4 is 5.78 Å². The molecule has 0 fully saturated rings. The largest absolute Gasteiger partial charge is 0.310 e. The summed E-state index contributed by atoms with van der Waals surface area (Å²) in [7, 11) is 1.86. The van der Waals surface area contributed by atoms with E-state index in [0.29, 0.717) is 0 Å². The average molecular weight is 189 g/mol. The third kappa shape index (κ3) is 1.58. The summed E-state index contributed by atoms with van der Waals surface area (Å²) >= 11 is 0. The molecule has 0 aliphatic heterocycles. The van der Waals surface area contributed by atoms with Crippen molar-refractivity contribution in [2.75, 3.05) is 7.05 Å². The Labute approximate surface area is 84.3 Å². The number of carbonyl (C=O) groups is 1. The minimum atomic E-state index is 0.0126. The van der Waals surface area contributed by atoms with Gasteiger partial charge in [0.05, 0.1) is 6.04 Å². The normalized spacial score (nSPS) is 21.5. The molecule has 74 valence electrons. The first-order valence-corrected chi connectivity index (χ1v) is 5.12. The highest BCUT2D eigenvalue weighted by molar-refractivity contribution is 6.01. The molecule has 1 aliphatic carbocycles. The number of hydrogen-bond donors (Lipinski definition) is 1. The molecule has 2 nitrogen and oxygen atoms in total. The van der Waals surface area contributed by atoms with Gasteiger partial charge in [0, 0.05) is 5.56 Å². The van der Waals surface area contributed by atoms with Crippen molar-refractivity contribution in [1.82, 2.24) is 5.32 Å². The summed E-state index contributed by atoms with van der Waals surface area (Å²) in [5.74, 6) is 0.251. The zero-order chi connectivity index (χ0) is 9.97. The zero-order valence-electron chi connectivity index (χ0n) is 8.42. The van der Waals surface area contributed by atoms with Gasteiger partial charge in [0.15, 0.2) is 5.78 Å². The van der Waals surface area contributed by atoms with Crippen LogP contribution in [0.1, 0.15) is 28.8 Å². The predicted molar refractivity (Wildman–Crippen MR) is 56.6 cm³/mol. The Hall–Kier alpha value is -1.15. The second-order valence-electron chi connectivity index (χ2n) is 3.75. The fourth-order valence-corrected chi connectivity index (χ4v) is 2.07. The van der Waals surface area contributed by atoms with Crippen molar-refractivity contribution in [2.45, 2.75) is 25.3 Å². The minimum Gasteiger partial charge on any atom is -0.310 e. The highest BCUT2D eigenvalue weighted by atomic mass is 16.1. The summed E-state index contributed by atoms with van der Waals surface area (Å²) in [6, 6.07) is 7.96. The van der Waals surface area contributed by atoms with Crippen LogP contribution < -0.4 is 5.32 Å². The van der Waals surface area contributed by atoms with Crippen LogP contribution >= 0.6 is 0 Å². The molecule has 0 saturated carbocycles. The van der Waals surface area contributed by atoms with E-state index in [-0.39, 0.29) is 11.8 Å². The number of ketones is 1. The first kappa shape index (κ1) is 9.41. The molecule has 1 atom stereocenters. The Morgan fingerprint density at radius 3 is 2.93 bits per heavy atom. The Morgan fingerprint density at radius 2 is 2.14 bits per heavy atom. The Kier molecular flexibility index (Phi) is 2.64. The van der Waals surface area contributed by atoms with Gasteiger partial charge in [-0.05, 0) is 31.9 Å². The van der Waals surface area contributed by atoms with Crippen molar-refractivity contribution in [3.8, 4) is 0 Å². The number of fused-ring (bicyclic) bond motifs is 1. The number of carbonyl (C=O) groups excluding carboxylic acids is 1. The fraction of sp³-hybridized carbons (Fsp3) is 0.417. The van der Waals surface area contributed by atoms with Crippen LogP contribution in [0.15, 0.2) is 24.3 Å². The molecular weight excluding hydrogens is 174 g/mol. The fourth-order valence-electron chi connectivity index (χ4n) is 2.07. The molecule has 1 unspecified atom stereocenters. The van der Waals surface area contributed by atoms with Gasteiger partial charge in [-0.25, -0.2) is 0 Å². The highest BCUT2D eigenvalue weighted by Gasteiger charge is 2.23. The first-order valence-electron chi connectivity index (χ1n) is 5.12. The summed E-state index contributed by atoms with van der Waals surface area (Å²) in [6.45, 7) is 0. The van der Waals surface area contributed by atoms with Gasteiger partial charge >= 0.3 is 0 Å². The molecule has 2 rings (SSSR count). The van der Waals surface area contributed by atoms with Crippen LogP contribution in [-0.2, 0) is 6.42 Å². The lowest BCUT2D eigenvalue weighted by molar-refractivity contribution is 0.0945. The quantitative estimate of drug-likeness (QED) is 0.682. The lowest BCUT2D eigenvalue weighted by Gasteiger charge is -2.11. The van der Waals surface area contributed by atoms with Crippen LogP contribution in [0.5, 0.6) is 0 Å². The molecule has 1 aliphatic rings. The second kappa shape index (κ2) is 3.93. The smallest absolute Gasteiger partial charge is 0.179 e. The van der Waals surface area contributed by atoms with E-state index in [2.05, 4.69) is 11.4 Å². The summed E-state index contributed by atoms with van der Waals surface area (Å²) in [6.07, 6.45) is 3.07. The molecular formula is C12H15NO. The number of hydrogen-bond acceptors (Lipinski definition) is 2. The van der Waals surface area contributed by atoms with E-state index in [0.717, 1.165) is 24.8 Å². The van der Waals surface area contributed by atoms with E-state index < -0.39 is 0 Å². The van der Waals surface area contributed by atoms with Crippen molar-refractivity contribution in [3.63, 3.8) is 0 Å². The van der Waals surface area contributed by atoms with Gasteiger partial charge in [-0.1, -0.05) is 24.3 Å². The number of nitrogens with one attached hydrogen (secondary N) is 1. The maximum atomic E-state index is 12.0. The van der Waals surface area contributed by atoms with E-state index in [1.165, 1.54) is 5.56 Å². The summed E-state index contributed by atoms with van der Waals surface area (Å²) < 4.78 is 0. The second-order valence-corrected chi connectivity index (χ2v) is 3.75. The van der Waals surface area contributed by atoms with Gasteiger partial charge in [0.25, 0.3) is 0 Å². The van der Waals surface area contributed by atoms with E-state index >= 15 is 0 Å². The zero-order valence-corrected chi connectivity index (χ0v) is 8.42. The molecule has 0 radical (unpaired) electrons. The van der Waals surface area contributed by atoms with Crippen LogP contribution in [0.2, 0.25) is 0 Å². The summed E-state index contributed by atoms with van der Waals surface area (Å²) in [4.78, 5) is 12.0. The molecule has 0 aromatic heterocycles. The number of rotatable bonds is 1. The number of Topliss-reactive ketones (excluding diaryl/α,β-unsaturated/α-hetero) is 1. The molecule has 0 bridgehead atoms. The lowest BCUT2D eigenvalue weighted by atomic mass is 10.0. The molecule has 0 saturated heterocycles. The predicted octanol–water partition coefficient (Wildman–Crippen LogP) is 1.79. The van der Waals surface area contributed by atoms with Crippen LogP contribution in [0.25, 0.3) is 0 Å². The highest BCUT2D eigenvalue weighted by Crippen LogP contribution is 2.20. The van der Waals surface area contributed by atoms with Gasteiger partial charge in [0.1, 0.15) is 0 Å². The van der Waals surface area contributed by atoms with Gasteiger partial charge in [-0.3, -0.25) is 4.79 Å². The van der Waals surface area contributed by atoms with Crippen molar-refractivity contribution in [1.29, 1.82) is 0 Å². The van der Waals surface area contributed by atoms with Crippen molar-refractivity contribution < 1.29 is 4.79 Å². The molecule has 2 heteroatoms. The molecule has 1 N–H and O–H groups in total. The third-order valence-corrected chi connectivity index (χ3v) is 2.89. The first-order chi connectivity index (χ1) is 6.83. The monoisotopic (exact) mass is 189 g/mol. The lowest BCUT2D eigenvalue weighted by Crippen LogP contribution is -2.33. The maximum Gasteiger partial charge on any atom is 0.179 e. The van der Waals surface area contributed by atoms with E-state index in [1.54, 1.807) is 0 Å². The Balaban J connectivity index is 2.40. The van der Waals surface area contributed by atoms with Gasteiger partial charge in [-0.2, -0.15) is 0 Å². The Bertz CT molecular complexity index is 346. The van der Waals surface area contributed by atoms with Crippen molar-refractivity contribution in [2.24, 2.45) is 0 Å². The molecule has 1 aromatic rings. The molecule has 14 heavy (non-hydrogen) atoms. The van der Waals surface area contributed by atoms with Crippen LogP contribution in [0, 0.1) is 0 Å². The van der Waals surface area contributed by atoms with Crippen LogP contribution in [0.3, 0.4) is 0 Å². The van der Waals surface area contributed by atoms with Crippen molar-refractivity contribution in [3.05, 3.63) is 35.4 Å². The van der Waals surface area contributed by atoms with Gasteiger partial charge in [-0.15, -0.1) is 0 Å². The molecule has 0 spiro atoms. The molecule has 0 heterocycles. The number of aryl methyl sites for hydroxylation is 1. The van der Waals surface area contributed by atoms with Gasteiger partial charge < -0.3 is 5.32 Å². The summed E-state index contributed by atoms with van der Waals surface area (Å²) in [5.41, 5.74) is 2.11. The van der Waals surface area contributed by atoms with Crippen LogP contribution in [-0.4, -0.2) is 18.9 Å². The Morgan fingerprint density at radius 1 is 1.36 bits per heavy atom. The van der Waals surface area contributed by atoms with E-state index in [9.17, 15) is 4.79 Å². The average Bonchev–Trinajstić information content (AvgIpc) is 2.39. The minimum absolute atomic E-state index is 0.0126. The van der Waals surface area contributed by atoms with Crippen LogP contribution in [0.4, 0.5) is 0 Å². The molecule has 0 amide bonds.